The molecule has 0 unspecified atom stereocenters. The molecule has 2 amide bonds. The minimum Gasteiger partial charge on any atom is -0.336 e. The Bertz CT molecular complexity index is 649. The van der Waals surface area contributed by atoms with Crippen LogP contribution in [0.5, 0.6) is 0 Å². The van der Waals surface area contributed by atoms with E-state index in [1.807, 2.05) is 4.90 Å². The zero-order chi connectivity index (χ0) is 21.4. The van der Waals surface area contributed by atoms with Crippen LogP contribution in [-0.4, -0.2) is 77.9 Å². The zero-order valence-electron chi connectivity index (χ0n) is 18.2. The molecule has 1 N–H and O–H groups in total. The van der Waals surface area contributed by atoms with Gasteiger partial charge < -0.3 is 10.2 Å². The number of nitrogens with one attached hydrogen (secondary N) is 1. The van der Waals surface area contributed by atoms with E-state index in [9.17, 15) is 14.0 Å². The van der Waals surface area contributed by atoms with Crippen molar-refractivity contribution >= 4 is 17.5 Å². The number of rotatable bonds is 9. The summed E-state index contributed by atoms with van der Waals surface area (Å²) in [5.74, 6) is -0.244. The van der Waals surface area contributed by atoms with Crippen LogP contribution in [0.2, 0.25) is 0 Å². The molecule has 0 spiro atoms. The topological polar surface area (TPSA) is 55.9 Å². The molecule has 1 aliphatic heterocycles. The first-order valence-corrected chi connectivity index (χ1v) is 10.6. The van der Waals surface area contributed by atoms with Crippen molar-refractivity contribution in [3.05, 3.63) is 30.1 Å². The molecule has 1 aliphatic rings. The van der Waals surface area contributed by atoms with Crippen LogP contribution in [0.3, 0.4) is 0 Å². The van der Waals surface area contributed by atoms with E-state index in [-0.39, 0.29) is 29.7 Å². The molecule has 1 saturated heterocycles. The van der Waals surface area contributed by atoms with Gasteiger partial charge >= 0.3 is 0 Å². The number of halogens is 1. The molecule has 1 aromatic carbocycles. The van der Waals surface area contributed by atoms with Crippen molar-refractivity contribution in [3.8, 4) is 0 Å². The van der Waals surface area contributed by atoms with Gasteiger partial charge in [-0.3, -0.25) is 19.4 Å². The van der Waals surface area contributed by atoms with Gasteiger partial charge in [0.05, 0.1) is 13.1 Å². The molecule has 0 bridgehead atoms. The normalized spacial score (nSPS) is 17.6. The number of nitrogens with zero attached hydrogens (tertiary/aromatic N) is 3. The van der Waals surface area contributed by atoms with E-state index < -0.39 is 0 Å². The monoisotopic (exact) mass is 406 g/mol. The molecule has 1 aromatic rings. The van der Waals surface area contributed by atoms with Gasteiger partial charge in [0.25, 0.3) is 0 Å². The lowest BCUT2D eigenvalue weighted by Gasteiger charge is -2.38. The molecule has 162 valence electrons. The molecule has 0 saturated carbocycles. The summed E-state index contributed by atoms with van der Waals surface area (Å²) in [5, 5.41) is 2.79. The fourth-order valence-electron chi connectivity index (χ4n) is 3.63. The zero-order valence-corrected chi connectivity index (χ0v) is 18.2. The molecule has 7 heteroatoms. The van der Waals surface area contributed by atoms with Gasteiger partial charge in [-0.2, -0.15) is 0 Å². The SMILES string of the molecule is CC[C@@H](C)N(C(=O)CN1CCN(CC(=O)Nc2ccc(F)cc2)CC1)[C@@H](C)CC. The predicted molar refractivity (Wildman–Crippen MR) is 114 cm³/mol. The van der Waals surface area contributed by atoms with Gasteiger partial charge in [0.15, 0.2) is 0 Å². The standard InChI is InChI=1S/C22H35FN4O2/c1-5-17(3)27(18(4)6-2)22(29)16-26-13-11-25(12-14-26)15-21(28)24-20-9-7-19(23)8-10-20/h7-10,17-18H,5-6,11-16H2,1-4H3,(H,24,28)/t17-,18+. The lowest BCUT2D eigenvalue weighted by Crippen LogP contribution is -2.53. The average molecular weight is 407 g/mol. The molecular formula is C22H35FN4O2. The Morgan fingerprint density at radius 2 is 1.45 bits per heavy atom. The van der Waals surface area contributed by atoms with Gasteiger partial charge in [-0.1, -0.05) is 13.8 Å². The highest BCUT2D eigenvalue weighted by Gasteiger charge is 2.27. The number of carbonyl (C=O) groups is 2. The third-order valence-corrected chi connectivity index (χ3v) is 5.74. The highest BCUT2D eigenvalue weighted by Crippen LogP contribution is 2.14. The summed E-state index contributed by atoms with van der Waals surface area (Å²) in [4.78, 5) is 31.4. The van der Waals surface area contributed by atoms with Crippen molar-refractivity contribution in [2.75, 3.05) is 44.6 Å². The van der Waals surface area contributed by atoms with Crippen LogP contribution in [0.25, 0.3) is 0 Å². The van der Waals surface area contributed by atoms with Crippen LogP contribution in [0.1, 0.15) is 40.5 Å². The fraction of sp³-hybridized carbons (Fsp3) is 0.636. The Balaban J connectivity index is 1.78. The summed E-state index contributed by atoms with van der Waals surface area (Å²) in [5.41, 5.74) is 0.593. The molecule has 29 heavy (non-hydrogen) atoms. The lowest BCUT2D eigenvalue weighted by atomic mass is 10.1. The van der Waals surface area contributed by atoms with Crippen LogP contribution in [0.4, 0.5) is 10.1 Å². The molecule has 0 aliphatic carbocycles. The van der Waals surface area contributed by atoms with Crippen molar-refractivity contribution in [1.29, 1.82) is 0 Å². The number of piperazine rings is 1. The first-order valence-electron chi connectivity index (χ1n) is 10.6. The molecule has 2 rings (SSSR count). The summed E-state index contributed by atoms with van der Waals surface area (Å²) in [7, 11) is 0. The number of anilines is 1. The van der Waals surface area contributed by atoms with Crippen LogP contribution < -0.4 is 5.32 Å². The number of carbonyl (C=O) groups excluding carboxylic acids is 2. The van der Waals surface area contributed by atoms with Crippen LogP contribution in [-0.2, 0) is 9.59 Å². The van der Waals surface area contributed by atoms with E-state index in [0.717, 1.165) is 39.0 Å². The minimum absolute atomic E-state index is 0.110. The Morgan fingerprint density at radius 3 is 1.93 bits per heavy atom. The second-order valence-electron chi connectivity index (χ2n) is 7.92. The fourth-order valence-corrected chi connectivity index (χ4v) is 3.63. The largest absolute Gasteiger partial charge is 0.336 e. The second-order valence-corrected chi connectivity index (χ2v) is 7.92. The molecule has 0 radical (unpaired) electrons. The third-order valence-electron chi connectivity index (χ3n) is 5.74. The van der Waals surface area contributed by atoms with Gasteiger partial charge in [-0.15, -0.1) is 0 Å². The van der Waals surface area contributed by atoms with Gasteiger partial charge in [0.2, 0.25) is 11.8 Å². The molecule has 1 fully saturated rings. The van der Waals surface area contributed by atoms with E-state index in [2.05, 4.69) is 42.8 Å². The maximum atomic E-state index is 12.9. The van der Waals surface area contributed by atoms with Gasteiger partial charge in [-0.25, -0.2) is 4.39 Å². The third kappa shape index (κ3) is 7.08. The number of hydrogen-bond acceptors (Lipinski definition) is 4. The molecule has 6 nitrogen and oxygen atoms in total. The van der Waals surface area contributed by atoms with Crippen LogP contribution >= 0.6 is 0 Å². The van der Waals surface area contributed by atoms with Crippen molar-refractivity contribution < 1.29 is 14.0 Å². The first kappa shape index (κ1) is 23.3. The predicted octanol–water partition coefficient (Wildman–Crippen LogP) is 2.81. The Hall–Kier alpha value is -1.99. The number of benzene rings is 1. The molecule has 1 heterocycles. The summed E-state index contributed by atoms with van der Waals surface area (Å²) in [6, 6.07) is 6.25. The lowest BCUT2D eigenvalue weighted by molar-refractivity contribution is -0.137. The van der Waals surface area contributed by atoms with Crippen molar-refractivity contribution in [2.45, 2.75) is 52.6 Å². The maximum absolute atomic E-state index is 12.9. The smallest absolute Gasteiger partial charge is 0.238 e. The quantitative estimate of drug-likeness (QED) is 0.685. The molecule has 2 atom stereocenters. The van der Waals surface area contributed by atoms with Gasteiger partial charge in [-0.05, 0) is 51.0 Å². The summed E-state index contributed by atoms with van der Waals surface area (Å²) in [6.07, 6.45) is 1.90. The maximum Gasteiger partial charge on any atom is 0.238 e. The van der Waals surface area contributed by atoms with Gasteiger partial charge in [0, 0.05) is 44.0 Å². The number of hydrogen-bond donors (Lipinski definition) is 1. The highest BCUT2D eigenvalue weighted by molar-refractivity contribution is 5.92. The van der Waals surface area contributed by atoms with Crippen molar-refractivity contribution in [1.82, 2.24) is 14.7 Å². The summed E-state index contributed by atoms with van der Waals surface area (Å²) >= 11 is 0. The minimum atomic E-state index is -0.325. The number of amides is 2. The Morgan fingerprint density at radius 1 is 0.966 bits per heavy atom. The second kappa shape index (κ2) is 11.3. The summed E-state index contributed by atoms with van der Waals surface area (Å²) in [6.45, 7) is 12.2. The Kier molecular flexibility index (Phi) is 9.04. The molecule has 0 aromatic heterocycles. The average Bonchev–Trinajstić information content (AvgIpc) is 2.71. The van der Waals surface area contributed by atoms with Crippen LogP contribution in [0.15, 0.2) is 24.3 Å². The van der Waals surface area contributed by atoms with E-state index in [0.29, 0.717) is 18.8 Å². The van der Waals surface area contributed by atoms with E-state index in [1.54, 1.807) is 12.1 Å². The molecular weight excluding hydrogens is 371 g/mol. The first-order chi connectivity index (χ1) is 13.8. The summed E-state index contributed by atoms with van der Waals surface area (Å²) < 4.78 is 12.9. The van der Waals surface area contributed by atoms with E-state index in [4.69, 9.17) is 0 Å². The highest BCUT2D eigenvalue weighted by atomic mass is 19.1. The van der Waals surface area contributed by atoms with Crippen LogP contribution in [0, 0.1) is 5.82 Å². The van der Waals surface area contributed by atoms with Crippen molar-refractivity contribution in [3.63, 3.8) is 0 Å². The van der Waals surface area contributed by atoms with Gasteiger partial charge in [0.1, 0.15) is 5.82 Å². The Labute approximate surface area is 174 Å². The van der Waals surface area contributed by atoms with E-state index in [1.165, 1.54) is 12.1 Å². The van der Waals surface area contributed by atoms with E-state index >= 15 is 0 Å². The van der Waals surface area contributed by atoms with Crippen molar-refractivity contribution in [2.24, 2.45) is 0 Å².